The Morgan fingerprint density at radius 1 is 1.31 bits per heavy atom. The van der Waals surface area contributed by atoms with Gasteiger partial charge in [0, 0.05) is 30.6 Å². The van der Waals surface area contributed by atoms with Crippen molar-refractivity contribution in [3.63, 3.8) is 0 Å². The van der Waals surface area contributed by atoms with Gasteiger partial charge < -0.3 is 32.2 Å². The van der Waals surface area contributed by atoms with Gasteiger partial charge in [-0.3, -0.25) is 10.2 Å². The number of amides is 1. The van der Waals surface area contributed by atoms with Gasteiger partial charge >= 0.3 is 0 Å². The van der Waals surface area contributed by atoms with Crippen LogP contribution in [0.15, 0.2) is 41.5 Å². The summed E-state index contributed by atoms with van der Waals surface area (Å²) in [5, 5.41) is 17.3. The molecule has 0 unspecified atom stereocenters. The number of carbonyl (C=O) groups excluding carboxylic acids is 1. The van der Waals surface area contributed by atoms with Gasteiger partial charge in [-0.05, 0) is 36.8 Å². The van der Waals surface area contributed by atoms with Gasteiger partial charge in [-0.25, -0.2) is 4.98 Å². The molecule has 0 bridgehead atoms. The predicted octanol–water partition coefficient (Wildman–Crippen LogP) is 1.50. The molecule has 0 spiro atoms. The van der Waals surface area contributed by atoms with Gasteiger partial charge in [0.05, 0.1) is 24.1 Å². The molecule has 1 fully saturated rings. The minimum atomic E-state index is -0.584. The second-order valence-electron chi connectivity index (χ2n) is 6.50. The number of ether oxygens (including phenoxy) is 1. The normalized spacial score (nSPS) is 18.9. The third kappa shape index (κ3) is 5.50. The number of nitrogens with one attached hydrogen (secondary N) is 4. The van der Waals surface area contributed by atoms with Crippen LogP contribution < -0.4 is 27.5 Å². The molecule has 0 radical (unpaired) electrons. The van der Waals surface area contributed by atoms with E-state index in [9.17, 15) is 4.79 Å². The van der Waals surface area contributed by atoms with Gasteiger partial charge in [-0.2, -0.15) is 5.10 Å². The van der Waals surface area contributed by atoms with Crippen molar-refractivity contribution in [1.82, 2.24) is 4.98 Å². The molecular formula is C19H24N8O2. The summed E-state index contributed by atoms with van der Waals surface area (Å²) in [5.41, 5.74) is 16.1. The van der Waals surface area contributed by atoms with E-state index in [0.717, 1.165) is 12.6 Å². The molecule has 1 saturated heterocycles. The second kappa shape index (κ2) is 9.62. The number of hydrogen-bond acceptors (Lipinski definition) is 9. The minimum absolute atomic E-state index is 0.0303. The number of nitrogens with two attached hydrogens (primary N) is 2. The molecule has 10 heteroatoms. The minimum Gasteiger partial charge on any atom is -0.380 e. The lowest BCUT2D eigenvalue weighted by Gasteiger charge is -2.30. The molecule has 1 aliphatic heterocycles. The standard InChI is InChI=1S/C19H24N8O2/c20-7-8-23-27-13-3-1-2-12(10-13)24-19-14(18(22)28)4-5-17(26-19)25-16-6-9-29-11-15(16)21/h1-5,7-8,10,15-16,20,27H,6,9,11,21H2,(H2,22,28)(H2,24,25,26)/b20-7?,23-8-/t15-,16+/m0/s1. The van der Waals surface area contributed by atoms with Crippen molar-refractivity contribution in [2.45, 2.75) is 18.5 Å². The topological polar surface area (TPSA) is 164 Å². The molecule has 1 aromatic heterocycles. The summed E-state index contributed by atoms with van der Waals surface area (Å²) in [6.45, 7) is 1.12. The van der Waals surface area contributed by atoms with Gasteiger partial charge in [-0.15, -0.1) is 0 Å². The monoisotopic (exact) mass is 396 g/mol. The maximum absolute atomic E-state index is 11.8. The Balaban J connectivity index is 1.81. The molecule has 1 aromatic carbocycles. The number of hydrazone groups is 1. The Morgan fingerprint density at radius 3 is 2.90 bits per heavy atom. The van der Waals surface area contributed by atoms with E-state index in [1.165, 1.54) is 6.21 Å². The Bertz CT molecular complexity index is 902. The number of primary amides is 1. The first-order valence-electron chi connectivity index (χ1n) is 9.13. The smallest absolute Gasteiger partial charge is 0.252 e. The Kier molecular flexibility index (Phi) is 6.72. The van der Waals surface area contributed by atoms with Crippen LogP contribution in [0.25, 0.3) is 0 Å². The van der Waals surface area contributed by atoms with Crippen molar-refractivity contribution in [3.8, 4) is 0 Å². The molecule has 1 aliphatic rings. The van der Waals surface area contributed by atoms with E-state index in [2.05, 4.69) is 26.1 Å². The van der Waals surface area contributed by atoms with E-state index >= 15 is 0 Å². The van der Waals surface area contributed by atoms with Crippen LogP contribution in [-0.2, 0) is 4.74 Å². The fraction of sp³-hybridized carbons (Fsp3) is 0.263. The summed E-state index contributed by atoms with van der Waals surface area (Å²) in [6, 6.07) is 10.5. The van der Waals surface area contributed by atoms with Crippen LogP contribution in [0.2, 0.25) is 0 Å². The SMILES string of the molecule is N=C/C=N\Nc1cccc(Nc2nc(N[C@@H]3CCOC[C@@H]3N)ccc2C(N)=O)c1. The van der Waals surface area contributed by atoms with E-state index in [1.807, 2.05) is 18.2 Å². The molecule has 29 heavy (non-hydrogen) atoms. The van der Waals surface area contributed by atoms with Crippen molar-refractivity contribution in [2.75, 3.05) is 29.3 Å². The van der Waals surface area contributed by atoms with Crippen LogP contribution >= 0.6 is 0 Å². The number of benzene rings is 1. The molecule has 8 N–H and O–H groups in total. The highest BCUT2D eigenvalue weighted by molar-refractivity contribution is 6.14. The molecule has 0 aliphatic carbocycles. The van der Waals surface area contributed by atoms with E-state index in [4.69, 9.17) is 21.6 Å². The fourth-order valence-electron chi connectivity index (χ4n) is 2.92. The Morgan fingerprint density at radius 2 is 2.14 bits per heavy atom. The third-order valence-corrected chi connectivity index (χ3v) is 4.36. The van der Waals surface area contributed by atoms with Gasteiger partial charge in [0.25, 0.3) is 5.91 Å². The number of pyridine rings is 1. The number of nitrogens with zero attached hydrogens (tertiary/aromatic N) is 2. The lowest BCUT2D eigenvalue weighted by atomic mass is 10.0. The zero-order chi connectivity index (χ0) is 20.6. The Labute approximate surface area is 168 Å². The number of aromatic nitrogens is 1. The summed E-state index contributed by atoms with van der Waals surface area (Å²) in [7, 11) is 0. The van der Waals surface area contributed by atoms with Crippen LogP contribution in [0.5, 0.6) is 0 Å². The number of anilines is 4. The van der Waals surface area contributed by atoms with E-state index < -0.39 is 5.91 Å². The lowest BCUT2D eigenvalue weighted by molar-refractivity contribution is 0.0752. The molecular weight excluding hydrogens is 372 g/mol. The molecule has 2 heterocycles. The number of carbonyl (C=O) groups is 1. The average molecular weight is 396 g/mol. The molecule has 1 amide bonds. The molecule has 3 rings (SSSR count). The van der Waals surface area contributed by atoms with E-state index in [-0.39, 0.29) is 17.6 Å². The zero-order valence-corrected chi connectivity index (χ0v) is 15.8. The lowest BCUT2D eigenvalue weighted by Crippen LogP contribution is -2.47. The van der Waals surface area contributed by atoms with Crippen LogP contribution in [-0.4, -0.2) is 48.6 Å². The summed E-state index contributed by atoms with van der Waals surface area (Å²) >= 11 is 0. The highest BCUT2D eigenvalue weighted by atomic mass is 16.5. The van der Waals surface area contributed by atoms with Crippen molar-refractivity contribution in [3.05, 3.63) is 42.0 Å². The van der Waals surface area contributed by atoms with E-state index in [0.29, 0.717) is 36.2 Å². The number of hydrogen-bond donors (Lipinski definition) is 6. The quantitative estimate of drug-likeness (QED) is 0.291. The van der Waals surface area contributed by atoms with Crippen molar-refractivity contribution in [1.29, 1.82) is 5.41 Å². The van der Waals surface area contributed by atoms with Gasteiger partial charge in [-0.1, -0.05) is 6.07 Å². The largest absolute Gasteiger partial charge is 0.380 e. The van der Waals surface area contributed by atoms with Crippen molar-refractivity contribution in [2.24, 2.45) is 16.6 Å². The molecule has 0 saturated carbocycles. The third-order valence-electron chi connectivity index (χ3n) is 4.36. The van der Waals surface area contributed by atoms with Gasteiger partial charge in [0.15, 0.2) is 0 Å². The summed E-state index contributed by atoms with van der Waals surface area (Å²) in [4.78, 5) is 16.4. The highest BCUT2D eigenvalue weighted by Crippen LogP contribution is 2.24. The van der Waals surface area contributed by atoms with Gasteiger partial charge in [0.1, 0.15) is 11.6 Å². The molecule has 2 atom stereocenters. The summed E-state index contributed by atoms with van der Waals surface area (Å²) in [6.07, 6.45) is 3.16. The molecule has 2 aromatic rings. The van der Waals surface area contributed by atoms with Crippen molar-refractivity contribution < 1.29 is 9.53 Å². The second-order valence-corrected chi connectivity index (χ2v) is 6.50. The number of rotatable bonds is 8. The highest BCUT2D eigenvalue weighted by Gasteiger charge is 2.23. The fourth-order valence-corrected chi connectivity index (χ4v) is 2.92. The van der Waals surface area contributed by atoms with E-state index in [1.54, 1.807) is 18.2 Å². The van der Waals surface area contributed by atoms with Crippen molar-refractivity contribution >= 4 is 41.3 Å². The first kappa shape index (κ1) is 20.2. The first-order chi connectivity index (χ1) is 14.1. The molecule has 152 valence electrons. The molecule has 10 nitrogen and oxygen atoms in total. The summed E-state index contributed by atoms with van der Waals surface area (Å²) < 4.78 is 5.36. The zero-order valence-electron chi connectivity index (χ0n) is 15.8. The van der Waals surface area contributed by atoms with Crippen LogP contribution in [0, 0.1) is 5.41 Å². The average Bonchev–Trinajstić information content (AvgIpc) is 2.70. The Hall–Kier alpha value is -3.50. The van der Waals surface area contributed by atoms with Gasteiger partial charge in [0.2, 0.25) is 0 Å². The van der Waals surface area contributed by atoms with Crippen LogP contribution in [0.1, 0.15) is 16.8 Å². The van der Waals surface area contributed by atoms with Crippen LogP contribution in [0.3, 0.4) is 0 Å². The summed E-state index contributed by atoms with van der Waals surface area (Å²) in [5.74, 6) is 0.340. The maximum Gasteiger partial charge on any atom is 0.252 e. The maximum atomic E-state index is 11.8. The first-order valence-corrected chi connectivity index (χ1v) is 9.13. The van der Waals surface area contributed by atoms with Crippen LogP contribution in [0.4, 0.5) is 23.0 Å². The predicted molar refractivity (Wildman–Crippen MR) is 114 cm³/mol.